The number of carbonyl (C=O) groups excluding carboxylic acids is 1. The predicted octanol–water partition coefficient (Wildman–Crippen LogP) is 3.33. The van der Waals surface area contributed by atoms with Crippen molar-refractivity contribution in [2.75, 3.05) is 6.54 Å². The van der Waals surface area contributed by atoms with Crippen LogP contribution in [0.15, 0.2) is 34.7 Å². The Morgan fingerprint density at radius 3 is 2.80 bits per heavy atom. The summed E-state index contributed by atoms with van der Waals surface area (Å²) in [6, 6.07) is 8.99. The van der Waals surface area contributed by atoms with Crippen LogP contribution in [0.4, 0.5) is 0 Å². The summed E-state index contributed by atoms with van der Waals surface area (Å²) in [6.07, 6.45) is 0. The molecule has 1 aromatic carbocycles. The van der Waals surface area contributed by atoms with Gasteiger partial charge >= 0.3 is 0 Å². The fraction of sp³-hybridized carbons (Fsp3) is 0.188. The zero-order valence-corrected chi connectivity index (χ0v) is 12.0. The molecule has 1 heterocycles. The minimum absolute atomic E-state index is 0.181. The first-order valence-electron chi connectivity index (χ1n) is 6.16. The highest BCUT2D eigenvalue weighted by molar-refractivity contribution is 6.30. The normalized spacial score (nSPS) is 9.75. The van der Waals surface area contributed by atoms with Gasteiger partial charge in [0.1, 0.15) is 11.5 Å². The molecule has 1 aromatic heterocycles. The number of aryl methyl sites for hydroxylation is 2. The Labute approximate surface area is 122 Å². The molecule has 0 spiro atoms. The van der Waals surface area contributed by atoms with Crippen LogP contribution in [0.2, 0.25) is 5.02 Å². The first-order valence-corrected chi connectivity index (χ1v) is 6.54. The Kier molecular flexibility index (Phi) is 4.49. The van der Waals surface area contributed by atoms with Crippen LogP contribution in [-0.2, 0) is 0 Å². The molecule has 0 fully saturated rings. The standard InChI is InChI=1S/C16H14ClNO2/c1-11-9-15(12(2)20-11)16(19)18-8-4-6-13-5-3-7-14(17)10-13/h3,5,7,9-10H,8H2,1-2H3,(H,18,19). The molecule has 1 N–H and O–H groups in total. The second-order valence-electron chi connectivity index (χ2n) is 4.32. The predicted molar refractivity (Wildman–Crippen MR) is 78.8 cm³/mol. The lowest BCUT2D eigenvalue weighted by Crippen LogP contribution is -2.23. The van der Waals surface area contributed by atoms with Crippen molar-refractivity contribution in [1.29, 1.82) is 0 Å². The highest BCUT2D eigenvalue weighted by atomic mass is 35.5. The highest BCUT2D eigenvalue weighted by Crippen LogP contribution is 2.13. The second kappa shape index (κ2) is 6.31. The Morgan fingerprint density at radius 1 is 1.35 bits per heavy atom. The van der Waals surface area contributed by atoms with Crippen LogP contribution in [0.25, 0.3) is 0 Å². The Bertz CT molecular complexity index is 692. The smallest absolute Gasteiger partial charge is 0.255 e. The molecule has 2 aromatic rings. The third kappa shape index (κ3) is 3.66. The van der Waals surface area contributed by atoms with Gasteiger partial charge in [-0.25, -0.2) is 0 Å². The highest BCUT2D eigenvalue weighted by Gasteiger charge is 2.11. The number of rotatable bonds is 2. The van der Waals surface area contributed by atoms with Gasteiger partial charge in [-0.15, -0.1) is 0 Å². The summed E-state index contributed by atoms with van der Waals surface area (Å²) in [4.78, 5) is 11.9. The lowest BCUT2D eigenvalue weighted by atomic mass is 10.2. The zero-order valence-electron chi connectivity index (χ0n) is 11.3. The van der Waals surface area contributed by atoms with E-state index in [2.05, 4.69) is 17.2 Å². The van der Waals surface area contributed by atoms with E-state index in [4.69, 9.17) is 16.0 Å². The van der Waals surface area contributed by atoms with Crippen molar-refractivity contribution in [2.45, 2.75) is 13.8 Å². The number of halogens is 1. The molecule has 0 aliphatic rings. The topological polar surface area (TPSA) is 42.2 Å². The molecule has 20 heavy (non-hydrogen) atoms. The number of furan rings is 1. The van der Waals surface area contributed by atoms with E-state index in [0.717, 1.165) is 11.3 Å². The Balaban J connectivity index is 1.94. The summed E-state index contributed by atoms with van der Waals surface area (Å²) < 4.78 is 5.31. The second-order valence-corrected chi connectivity index (χ2v) is 4.76. The number of nitrogens with one attached hydrogen (secondary N) is 1. The maximum atomic E-state index is 11.9. The van der Waals surface area contributed by atoms with Gasteiger partial charge in [0.05, 0.1) is 12.1 Å². The maximum Gasteiger partial charge on any atom is 0.255 e. The van der Waals surface area contributed by atoms with Crippen LogP contribution < -0.4 is 5.32 Å². The van der Waals surface area contributed by atoms with Crippen LogP contribution in [0.5, 0.6) is 0 Å². The lowest BCUT2D eigenvalue weighted by Gasteiger charge is -1.98. The average Bonchev–Trinajstić information content (AvgIpc) is 2.74. The summed E-state index contributed by atoms with van der Waals surface area (Å²) >= 11 is 5.86. The zero-order chi connectivity index (χ0) is 14.5. The number of carbonyl (C=O) groups is 1. The van der Waals surface area contributed by atoms with Crippen LogP contribution in [0.3, 0.4) is 0 Å². The van der Waals surface area contributed by atoms with Crippen molar-refractivity contribution in [3.63, 3.8) is 0 Å². The molecular formula is C16H14ClNO2. The molecule has 0 bridgehead atoms. The van der Waals surface area contributed by atoms with Crippen LogP contribution in [-0.4, -0.2) is 12.5 Å². The molecule has 0 radical (unpaired) electrons. The minimum atomic E-state index is -0.181. The summed E-state index contributed by atoms with van der Waals surface area (Å²) in [6.45, 7) is 3.84. The first-order chi connectivity index (χ1) is 9.56. The van der Waals surface area contributed by atoms with E-state index in [1.807, 2.05) is 19.1 Å². The molecule has 3 nitrogen and oxygen atoms in total. The summed E-state index contributed by atoms with van der Waals surface area (Å²) in [5, 5.41) is 3.38. The van der Waals surface area contributed by atoms with E-state index in [9.17, 15) is 4.79 Å². The van der Waals surface area contributed by atoms with Gasteiger partial charge in [0.2, 0.25) is 0 Å². The SMILES string of the molecule is Cc1cc(C(=O)NCC#Cc2cccc(Cl)c2)c(C)o1. The molecule has 2 rings (SSSR count). The monoisotopic (exact) mass is 287 g/mol. The molecule has 1 amide bonds. The van der Waals surface area contributed by atoms with Crippen LogP contribution in [0, 0.1) is 25.7 Å². The maximum absolute atomic E-state index is 11.9. The lowest BCUT2D eigenvalue weighted by molar-refractivity contribution is 0.0957. The molecule has 4 heteroatoms. The van der Waals surface area contributed by atoms with E-state index in [1.54, 1.807) is 25.1 Å². The van der Waals surface area contributed by atoms with E-state index in [1.165, 1.54) is 0 Å². The quantitative estimate of drug-likeness (QED) is 0.861. The summed E-state index contributed by atoms with van der Waals surface area (Å²) in [5.41, 5.74) is 1.37. The molecular weight excluding hydrogens is 274 g/mol. The van der Waals surface area contributed by atoms with E-state index >= 15 is 0 Å². The van der Waals surface area contributed by atoms with Crippen molar-refractivity contribution in [1.82, 2.24) is 5.32 Å². The average molecular weight is 288 g/mol. The van der Waals surface area contributed by atoms with Gasteiger partial charge in [0, 0.05) is 10.6 Å². The minimum Gasteiger partial charge on any atom is -0.466 e. The molecule has 102 valence electrons. The Morgan fingerprint density at radius 2 is 2.15 bits per heavy atom. The van der Waals surface area contributed by atoms with Crippen molar-refractivity contribution in [3.05, 3.63) is 58.0 Å². The third-order valence-electron chi connectivity index (χ3n) is 2.68. The molecule has 0 saturated heterocycles. The van der Waals surface area contributed by atoms with Gasteiger partial charge in [-0.3, -0.25) is 4.79 Å². The number of hydrogen-bond donors (Lipinski definition) is 1. The van der Waals surface area contributed by atoms with E-state index in [-0.39, 0.29) is 12.5 Å². The molecule has 0 aliphatic carbocycles. The van der Waals surface area contributed by atoms with Crippen molar-refractivity contribution < 1.29 is 9.21 Å². The van der Waals surface area contributed by atoms with Crippen molar-refractivity contribution >= 4 is 17.5 Å². The van der Waals surface area contributed by atoms with Gasteiger partial charge < -0.3 is 9.73 Å². The summed E-state index contributed by atoms with van der Waals surface area (Å²) in [7, 11) is 0. The van der Waals surface area contributed by atoms with Gasteiger partial charge in [-0.05, 0) is 38.1 Å². The third-order valence-corrected chi connectivity index (χ3v) is 2.92. The molecule has 0 atom stereocenters. The number of benzene rings is 1. The van der Waals surface area contributed by atoms with Crippen LogP contribution in [0.1, 0.15) is 27.4 Å². The number of amides is 1. The van der Waals surface area contributed by atoms with E-state index in [0.29, 0.717) is 16.3 Å². The van der Waals surface area contributed by atoms with Gasteiger partial charge in [-0.2, -0.15) is 0 Å². The van der Waals surface area contributed by atoms with Gasteiger partial charge in [0.15, 0.2) is 0 Å². The molecule has 0 unspecified atom stereocenters. The van der Waals surface area contributed by atoms with E-state index < -0.39 is 0 Å². The molecule has 0 aliphatic heterocycles. The van der Waals surface area contributed by atoms with Crippen LogP contribution >= 0.6 is 11.6 Å². The summed E-state index contributed by atoms with van der Waals surface area (Å²) in [5.74, 6) is 6.98. The fourth-order valence-electron chi connectivity index (χ4n) is 1.79. The van der Waals surface area contributed by atoms with Crippen molar-refractivity contribution in [2.24, 2.45) is 0 Å². The Hall–Kier alpha value is -2.18. The largest absolute Gasteiger partial charge is 0.466 e. The van der Waals surface area contributed by atoms with Gasteiger partial charge in [0.25, 0.3) is 5.91 Å². The van der Waals surface area contributed by atoms with Gasteiger partial charge in [-0.1, -0.05) is 29.5 Å². The molecule has 0 saturated carbocycles. The fourth-order valence-corrected chi connectivity index (χ4v) is 1.98. The number of hydrogen-bond acceptors (Lipinski definition) is 2. The first kappa shape index (κ1) is 14.2. The van der Waals surface area contributed by atoms with Crippen molar-refractivity contribution in [3.8, 4) is 11.8 Å².